The SMILES string of the molecule is c1ccc(-n2c3cc4c5ccccc5n(-c5cccc6ccccc56)c4cc3c3ccc4ccccc4c32)cc1. The fraction of sp³-hybridized carbons (Fsp3) is 0. The average molecular weight is 509 g/mol. The summed E-state index contributed by atoms with van der Waals surface area (Å²) in [7, 11) is 0. The standard InChI is InChI=1S/C38H24N2/c1-2-14-27(15-3-1)39-36-23-32-30-18-8-9-19-35(30)40(34-20-10-13-25-11-4-6-16-28(25)34)37(32)24-33(36)31-22-21-26-12-5-7-17-29(26)38(31)39/h1-24H. The molecular formula is C38H24N2. The summed E-state index contributed by atoms with van der Waals surface area (Å²) in [4.78, 5) is 0. The van der Waals surface area contributed by atoms with Gasteiger partial charge in [-0.15, -0.1) is 0 Å². The Kier molecular flexibility index (Phi) is 4.36. The lowest BCUT2D eigenvalue weighted by Gasteiger charge is -2.12. The highest BCUT2D eigenvalue weighted by atomic mass is 15.0. The summed E-state index contributed by atoms with van der Waals surface area (Å²) in [5.41, 5.74) is 7.32. The van der Waals surface area contributed by atoms with Crippen molar-refractivity contribution < 1.29 is 0 Å². The van der Waals surface area contributed by atoms with Gasteiger partial charge in [0.15, 0.2) is 0 Å². The Morgan fingerprint density at radius 2 is 0.925 bits per heavy atom. The molecule has 0 atom stereocenters. The maximum Gasteiger partial charge on any atom is 0.0619 e. The van der Waals surface area contributed by atoms with Gasteiger partial charge in [-0.25, -0.2) is 0 Å². The lowest BCUT2D eigenvalue weighted by Crippen LogP contribution is -1.95. The molecule has 0 radical (unpaired) electrons. The van der Waals surface area contributed by atoms with Crippen LogP contribution in [0.1, 0.15) is 0 Å². The zero-order valence-electron chi connectivity index (χ0n) is 21.8. The lowest BCUT2D eigenvalue weighted by molar-refractivity contribution is 1.18. The average Bonchev–Trinajstić information content (AvgIpc) is 3.52. The van der Waals surface area contributed by atoms with Crippen molar-refractivity contribution in [2.75, 3.05) is 0 Å². The number of nitrogens with zero attached hydrogens (tertiary/aromatic N) is 2. The molecule has 9 aromatic rings. The van der Waals surface area contributed by atoms with Gasteiger partial charge >= 0.3 is 0 Å². The molecule has 2 heteroatoms. The summed E-state index contributed by atoms with van der Waals surface area (Å²) in [6.45, 7) is 0. The van der Waals surface area contributed by atoms with Crippen LogP contribution in [0.2, 0.25) is 0 Å². The van der Waals surface area contributed by atoms with E-state index in [1.165, 1.54) is 76.5 Å². The summed E-state index contributed by atoms with van der Waals surface area (Å²) >= 11 is 0. The van der Waals surface area contributed by atoms with Crippen LogP contribution in [0.4, 0.5) is 0 Å². The largest absolute Gasteiger partial charge is 0.309 e. The zero-order chi connectivity index (χ0) is 26.2. The highest BCUT2D eigenvalue weighted by Gasteiger charge is 2.20. The third-order valence-electron chi connectivity index (χ3n) is 8.47. The van der Waals surface area contributed by atoms with E-state index in [1.54, 1.807) is 0 Å². The van der Waals surface area contributed by atoms with Crippen molar-refractivity contribution in [2.24, 2.45) is 0 Å². The molecular weight excluding hydrogens is 484 g/mol. The molecule has 9 rings (SSSR count). The number of para-hydroxylation sites is 2. The molecule has 7 aromatic carbocycles. The Balaban J connectivity index is 1.51. The van der Waals surface area contributed by atoms with Crippen molar-refractivity contribution in [1.82, 2.24) is 9.13 Å². The number of rotatable bonds is 2. The van der Waals surface area contributed by atoms with E-state index in [-0.39, 0.29) is 0 Å². The molecule has 0 aliphatic heterocycles. The summed E-state index contributed by atoms with van der Waals surface area (Å²) in [5, 5.41) is 10.1. The van der Waals surface area contributed by atoms with Crippen LogP contribution in [-0.4, -0.2) is 9.13 Å². The summed E-state index contributed by atoms with van der Waals surface area (Å²) < 4.78 is 4.91. The second-order valence-corrected chi connectivity index (χ2v) is 10.6. The monoisotopic (exact) mass is 508 g/mol. The van der Waals surface area contributed by atoms with Gasteiger partial charge < -0.3 is 9.13 Å². The molecule has 40 heavy (non-hydrogen) atoms. The lowest BCUT2D eigenvalue weighted by atomic mass is 10.0. The Morgan fingerprint density at radius 1 is 0.325 bits per heavy atom. The first-order chi connectivity index (χ1) is 19.9. The number of aromatic nitrogens is 2. The fourth-order valence-corrected chi connectivity index (χ4v) is 6.75. The number of fused-ring (bicyclic) bond motifs is 9. The molecule has 186 valence electrons. The first-order valence-electron chi connectivity index (χ1n) is 13.8. The minimum absolute atomic E-state index is 1.18. The van der Waals surface area contributed by atoms with Crippen molar-refractivity contribution in [3.05, 3.63) is 146 Å². The maximum atomic E-state index is 2.46. The molecule has 2 nitrogen and oxygen atoms in total. The molecule has 0 N–H and O–H groups in total. The molecule has 2 heterocycles. The van der Waals surface area contributed by atoms with Crippen molar-refractivity contribution >= 4 is 65.2 Å². The molecule has 0 saturated carbocycles. The predicted octanol–water partition coefficient (Wildman–Crippen LogP) is 10.2. The van der Waals surface area contributed by atoms with Crippen LogP contribution in [0.3, 0.4) is 0 Å². The first kappa shape index (κ1) is 21.6. The second-order valence-electron chi connectivity index (χ2n) is 10.6. The Bertz CT molecular complexity index is 2420. The molecule has 0 amide bonds. The van der Waals surface area contributed by atoms with Crippen LogP contribution in [0.15, 0.2) is 146 Å². The zero-order valence-corrected chi connectivity index (χ0v) is 21.8. The van der Waals surface area contributed by atoms with Crippen molar-refractivity contribution in [3.63, 3.8) is 0 Å². The molecule has 0 unspecified atom stereocenters. The fourth-order valence-electron chi connectivity index (χ4n) is 6.75. The Morgan fingerprint density at radius 3 is 1.75 bits per heavy atom. The van der Waals surface area contributed by atoms with Gasteiger partial charge in [0.1, 0.15) is 0 Å². The van der Waals surface area contributed by atoms with Gasteiger partial charge in [0.25, 0.3) is 0 Å². The highest BCUT2D eigenvalue weighted by molar-refractivity contribution is 6.23. The van der Waals surface area contributed by atoms with Gasteiger partial charge in [-0.1, -0.05) is 109 Å². The quantitative estimate of drug-likeness (QED) is 0.220. The molecule has 0 saturated heterocycles. The van der Waals surface area contributed by atoms with E-state index in [9.17, 15) is 0 Å². The highest BCUT2D eigenvalue weighted by Crippen LogP contribution is 2.42. The predicted molar refractivity (Wildman–Crippen MR) is 170 cm³/mol. The van der Waals surface area contributed by atoms with E-state index < -0.39 is 0 Å². The van der Waals surface area contributed by atoms with Crippen molar-refractivity contribution in [1.29, 1.82) is 0 Å². The minimum Gasteiger partial charge on any atom is -0.309 e. The van der Waals surface area contributed by atoms with Crippen LogP contribution < -0.4 is 0 Å². The molecule has 2 aromatic heterocycles. The smallest absolute Gasteiger partial charge is 0.0619 e. The normalized spacial score (nSPS) is 12.0. The van der Waals surface area contributed by atoms with Gasteiger partial charge in [-0.2, -0.15) is 0 Å². The third-order valence-corrected chi connectivity index (χ3v) is 8.47. The second kappa shape index (κ2) is 8.08. The Labute approximate surface area is 230 Å². The van der Waals surface area contributed by atoms with Crippen molar-refractivity contribution in [2.45, 2.75) is 0 Å². The number of hydrogen-bond donors (Lipinski definition) is 0. The molecule has 0 fully saturated rings. The van der Waals surface area contributed by atoms with Gasteiger partial charge in [0.05, 0.1) is 27.8 Å². The minimum atomic E-state index is 1.18. The molecule has 0 aliphatic carbocycles. The Hall–Kier alpha value is -5.34. The topological polar surface area (TPSA) is 9.86 Å². The molecule has 0 spiro atoms. The van der Waals surface area contributed by atoms with Crippen LogP contribution in [-0.2, 0) is 0 Å². The summed E-state index contributed by atoms with van der Waals surface area (Å²) in [5.74, 6) is 0. The van der Waals surface area contributed by atoms with Crippen LogP contribution >= 0.6 is 0 Å². The van der Waals surface area contributed by atoms with E-state index >= 15 is 0 Å². The van der Waals surface area contributed by atoms with Gasteiger partial charge in [0.2, 0.25) is 0 Å². The molecule has 0 aliphatic rings. The van der Waals surface area contributed by atoms with Crippen LogP contribution in [0.25, 0.3) is 76.5 Å². The van der Waals surface area contributed by atoms with E-state index in [0.29, 0.717) is 0 Å². The van der Waals surface area contributed by atoms with Gasteiger partial charge in [-0.05, 0) is 47.2 Å². The molecule has 0 bridgehead atoms. The van der Waals surface area contributed by atoms with E-state index in [4.69, 9.17) is 0 Å². The third kappa shape index (κ3) is 2.88. The first-order valence-corrected chi connectivity index (χ1v) is 13.8. The number of hydrogen-bond acceptors (Lipinski definition) is 0. The van der Waals surface area contributed by atoms with Gasteiger partial charge in [0, 0.05) is 38.0 Å². The van der Waals surface area contributed by atoms with E-state index in [0.717, 1.165) is 0 Å². The van der Waals surface area contributed by atoms with Crippen LogP contribution in [0.5, 0.6) is 0 Å². The maximum absolute atomic E-state index is 2.46. The van der Waals surface area contributed by atoms with E-state index in [1.807, 2.05) is 0 Å². The van der Waals surface area contributed by atoms with Gasteiger partial charge in [-0.3, -0.25) is 0 Å². The summed E-state index contributed by atoms with van der Waals surface area (Å²) in [6.07, 6.45) is 0. The van der Waals surface area contributed by atoms with Crippen molar-refractivity contribution in [3.8, 4) is 11.4 Å². The van der Waals surface area contributed by atoms with Crippen LogP contribution in [0, 0.1) is 0 Å². The number of benzene rings is 7. The summed E-state index contributed by atoms with van der Waals surface area (Å²) in [6, 6.07) is 53.0. The van der Waals surface area contributed by atoms with E-state index in [2.05, 4.69) is 155 Å².